The first-order valence-corrected chi connectivity index (χ1v) is 8.62. The lowest BCUT2D eigenvalue weighted by Gasteiger charge is -2.04. The van der Waals surface area contributed by atoms with Crippen molar-refractivity contribution in [1.29, 1.82) is 0 Å². The fraction of sp³-hybridized carbons (Fsp3) is 0.214. The summed E-state index contributed by atoms with van der Waals surface area (Å²) in [6.45, 7) is 0. The number of rotatable bonds is 4. The average Bonchev–Trinajstić information content (AvgIpc) is 3.12. The summed E-state index contributed by atoms with van der Waals surface area (Å²) < 4.78 is 0. The van der Waals surface area contributed by atoms with Gasteiger partial charge < -0.3 is 10.6 Å². The van der Waals surface area contributed by atoms with Gasteiger partial charge in [-0.2, -0.15) is 0 Å². The van der Waals surface area contributed by atoms with Crippen LogP contribution in [0.25, 0.3) is 0 Å². The van der Waals surface area contributed by atoms with Crippen LogP contribution in [0.15, 0.2) is 40.5 Å². The fourth-order valence-corrected chi connectivity index (χ4v) is 3.51. The topological polar surface area (TPSA) is 100.0 Å². The molecule has 2 aliphatic rings. The third-order valence-corrected chi connectivity index (χ3v) is 5.00. The molecule has 3 rings (SSSR count). The van der Waals surface area contributed by atoms with E-state index in [-0.39, 0.29) is 24.0 Å². The van der Waals surface area contributed by atoms with Crippen LogP contribution in [0.2, 0.25) is 0 Å². The minimum absolute atomic E-state index is 0.0931. The summed E-state index contributed by atoms with van der Waals surface area (Å²) in [4.78, 5) is 35.1. The molecule has 0 aromatic heterocycles. The second-order valence-electron chi connectivity index (χ2n) is 4.74. The smallest absolute Gasteiger partial charge is 0.240 e. The number of ketones is 1. The van der Waals surface area contributed by atoms with Crippen molar-refractivity contribution >= 4 is 51.5 Å². The van der Waals surface area contributed by atoms with Crippen molar-refractivity contribution < 1.29 is 14.4 Å². The molecule has 2 saturated heterocycles. The highest BCUT2D eigenvalue weighted by molar-refractivity contribution is 8.15. The molecule has 118 valence electrons. The van der Waals surface area contributed by atoms with Gasteiger partial charge in [0.15, 0.2) is 16.1 Å². The quantitative estimate of drug-likeness (QED) is 0.624. The number of carbonyl (C=O) groups excluding carboxylic acids is 3. The maximum absolute atomic E-state index is 12.1. The van der Waals surface area contributed by atoms with E-state index in [1.165, 1.54) is 23.5 Å². The van der Waals surface area contributed by atoms with Crippen LogP contribution >= 0.6 is 23.5 Å². The van der Waals surface area contributed by atoms with Gasteiger partial charge in [0.25, 0.3) is 0 Å². The molecule has 0 aliphatic carbocycles. The molecule has 1 aromatic carbocycles. The molecule has 2 N–H and O–H groups in total. The molecule has 0 saturated carbocycles. The van der Waals surface area contributed by atoms with E-state index in [9.17, 15) is 14.4 Å². The Bertz CT molecular complexity index is 718. The molecule has 23 heavy (non-hydrogen) atoms. The van der Waals surface area contributed by atoms with Crippen LogP contribution < -0.4 is 10.6 Å². The van der Waals surface area contributed by atoms with Crippen LogP contribution in [0.5, 0.6) is 0 Å². The largest absolute Gasteiger partial charge is 0.303 e. The first-order chi connectivity index (χ1) is 11.1. The molecule has 1 atom stereocenters. The molecule has 2 amide bonds. The van der Waals surface area contributed by atoms with E-state index in [0.717, 1.165) is 0 Å². The Morgan fingerprint density at radius 2 is 1.87 bits per heavy atom. The van der Waals surface area contributed by atoms with Gasteiger partial charge >= 0.3 is 0 Å². The van der Waals surface area contributed by atoms with E-state index in [1.54, 1.807) is 24.3 Å². The minimum atomic E-state index is -0.521. The van der Waals surface area contributed by atoms with Crippen LogP contribution in [-0.4, -0.2) is 38.9 Å². The summed E-state index contributed by atoms with van der Waals surface area (Å²) in [6, 6.07) is 8.84. The summed E-state index contributed by atoms with van der Waals surface area (Å²) in [7, 11) is 0. The van der Waals surface area contributed by atoms with Gasteiger partial charge in [0.05, 0.1) is 11.0 Å². The van der Waals surface area contributed by atoms with Crippen LogP contribution in [0, 0.1) is 0 Å². The lowest BCUT2D eigenvalue weighted by Crippen LogP contribution is -2.26. The molecule has 2 aliphatic heterocycles. The van der Waals surface area contributed by atoms with Gasteiger partial charge in [-0.25, -0.2) is 0 Å². The average molecular weight is 348 g/mol. The minimum Gasteiger partial charge on any atom is -0.303 e. The van der Waals surface area contributed by atoms with Gasteiger partial charge in [-0.3, -0.25) is 14.4 Å². The highest BCUT2D eigenvalue weighted by Gasteiger charge is 2.32. The van der Waals surface area contributed by atoms with E-state index in [4.69, 9.17) is 0 Å². The highest BCUT2D eigenvalue weighted by atomic mass is 32.2. The number of hydrogen-bond donors (Lipinski definition) is 2. The highest BCUT2D eigenvalue weighted by Crippen LogP contribution is 2.24. The van der Waals surface area contributed by atoms with Crippen molar-refractivity contribution in [2.45, 2.75) is 11.7 Å². The number of amidine groups is 2. The van der Waals surface area contributed by atoms with E-state index >= 15 is 0 Å². The molecule has 0 bridgehead atoms. The van der Waals surface area contributed by atoms with E-state index in [0.29, 0.717) is 21.7 Å². The molecule has 2 fully saturated rings. The summed E-state index contributed by atoms with van der Waals surface area (Å²) in [5.74, 6) is -0.161. The number of thioether (sulfide) groups is 2. The maximum atomic E-state index is 12.1. The second-order valence-corrected chi connectivity index (χ2v) is 6.89. The third-order valence-electron chi connectivity index (χ3n) is 3.06. The molecule has 1 unspecified atom stereocenters. The summed E-state index contributed by atoms with van der Waals surface area (Å²) >= 11 is 2.41. The van der Waals surface area contributed by atoms with Crippen LogP contribution in [0.1, 0.15) is 16.8 Å². The fourth-order valence-electron chi connectivity index (χ4n) is 1.97. The van der Waals surface area contributed by atoms with Crippen LogP contribution in [0.4, 0.5) is 0 Å². The normalized spacial score (nSPS) is 24.1. The number of hydrogen-bond acceptors (Lipinski definition) is 7. The molecular formula is C14H12N4O3S2. The summed E-state index contributed by atoms with van der Waals surface area (Å²) in [5, 5.41) is 13.1. The molecular weight excluding hydrogens is 336 g/mol. The Balaban J connectivity index is 1.61. The second kappa shape index (κ2) is 6.97. The number of amides is 2. The number of carbonyl (C=O) groups is 3. The zero-order valence-electron chi connectivity index (χ0n) is 11.8. The van der Waals surface area contributed by atoms with Gasteiger partial charge in [0, 0.05) is 12.0 Å². The lowest BCUT2D eigenvalue weighted by atomic mass is 10.1. The monoisotopic (exact) mass is 348 g/mol. The Kier molecular flexibility index (Phi) is 4.77. The Morgan fingerprint density at radius 3 is 2.57 bits per heavy atom. The Labute approximate surface area is 140 Å². The van der Waals surface area contributed by atoms with Crippen molar-refractivity contribution in [3.05, 3.63) is 35.9 Å². The van der Waals surface area contributed by atoms with Gasteiger partial charge in [-0.1, -0.05) is 53.9 Å². The molecule has 0 radical (unpaired) electrons. The van der Waals surface area contributed by atoms with Crippen molar-refractivity contribution in [2.24, 2.45) is 10.2 Å². The maximum Gasteiger partial charge on any atom is 0.240 e. The Hall–Kier alpha value is -2.13. The molecule has 0 spiro atoms. The first kappa shape index (κ1) is 15.8. The molecule has 1 aromatic rings. The van der Waals surface area contributed by atoms with Gasteiger partial charge in [-0.15, -0.1) is 10.2 Å². The number of nitrogens with zero attached hydrogens (tertiary/aromatic N) is 2. The lowest BCUT2D eigenvalue weighted by molar-refractivity contribution is -0.119. The Morgan fingerprint density at radius 1 is 1.13 bits per heavy atom. The van der Waals surface area contributed by atoms with E-state index in [2.05, 4.69) is 20.8 Å². The molecule has 7 nitrogen and oxygen atoms in total. The van der Waals surface area contributed by atoms with Crippen molar-refractivity contribution in [2.75, 3.05) is 5.75 Å². The van der Waals surface area contributed by atoms with Gasteiger partial charge in [-0.05, 0) is 0 Å². The summed E-state index contributed by atoms with van der Waals surface area (Å²) in [5.41, 5.74) is 0.580. The van der Waals surface area contributed by atoms with Crippen molar-refractivity contribution in [3.63, 3.8) is 0 Å². The number of benzene rings is 1. The predicted octanol–water partition coefficient (Wildman–Crippen LogP) is 0.981. The SMILES string of the molecule is O=C1CS/C(=N/N=C2\NC(=O)C(CC(=O)c3ccccc3)S2)N1. The van der Waals surface area contributed by atoms with E-state index < -0.39 is 5.25 Å². The van der Waals surface area contributed by atoms with Crippen LogP contribution in [0.3, 0.4) is 0 Å². The van der Waals surface area contributed by atoms with Gasteiger partial charge in [0.2, 0.25) is 11.8 Å². The zero-order valence-corrected chi connectivity index (χ0v) is 13.4. The van der Waals surface area contributed by atoms with Crippen molar-refractivity contribution in [1.82, 2.24) is 10.6 Å². The van der Waals surface area contributed by atoms with Gasteiger partial charge in [0.1, 0.15) is 0 Å². The summed E-state index contributed by atoms with van der Waals surface area (Å²) in [6.07, 6.45) is 0.0988. The van der Waals surface area contributed by atoms with Crippen molar-refractivity contribution in [3.8, 4) is 0 Å². The zero-order chi connectivity index (χ0) is 16.2. The number of nitrogens with one attached hydrogen (secondary N) is 2. The predicted molar refractivity (Wildman–Crippen MR) is 90.4 cm³/mol. The first-order valence-electron chi connectivity index (χ1n) is 6.76. The van der Waals surface area contributed by atoms with E-state index in [1.807, 2.05) is 6.07 Å². The molecule has 2 heterocycles. The third kappa shape index (κ3) is 3.99. The van der Waals surface area contributed by atoms with Crippen LogP contribution in [-0.2, 0) is 9.59 Å². The standard InChI is InChI=1S/C14H12N4O3S2/c19-9(8-4-2-1-3-5-8)6-10-12(21)16-14(23-10)18-17-13-15-11(20)7-22-13/h1-5,10H,6-7H2,(H,15,17,20)(H,16,18,21). The number of Topliss-reactive ketones (excluding diaryl/α,β-unsaturated/α-hetero) is 1. The molecule has 9 heteroatoms.